The fourth-order valence-corrected chi connectivity index (χ4v) is 3.16. The van der Waals surface area contributed by atoms with E-state index in [0.717, 1.165) is 4.47 Å². The molecule has 2 aromatic carbocycles. The van der Waals surface area contributed by atoms with Crippen LogP contribution in [0.5, 0.6) is 5.75 Å². The predicted molar refractivity (Wildman–Crippen MR) is 85.8 cm³/mol. The molecule has 0 radical (unpaired) electrons. The van der Waals surface area contributed by atoms with E-state index in [9.17, 15) is 13.5 Å². The van der Waals surface area contributed by atoms with Crippen LogP contribution in [0.4, 0.5) is 5.69 Å². The van der Waals surface area contributed by atoms with Crippen molar-refractivity contribution < 1.29 is 13.5 Å². The highest BCUT2D eigenvalue weighted by Crippen LogP contribution is 2.25. The Labute approximate surface area is 132 Å². The molecule has 7 heteroatoms. The zero-order valence-electron chi connectivity index (χ0n) is 11.3. The van der Waals surface area contributed by atoms with E-state index in [1.54, 1.807) is 36.4 Å². The van der Waals surface area contributed by atoms with Gasteiger partial charge in [0.25, 0.3) is 0 Å². The van der Waals surface area contributed by atoms with Crippen LogP contribution in [0.3, 0.4) is 0 Å². The number of sulfonamides is 1. The summed E-state index contributed by atoms with van der Waals surface area (Å²) in [6, 6.07) is 11.7. The van der Waals surface area contributed by atoms with Gasteiger partial charge in [-0.1, -0.05) is 28.1 Å². The molecule has 0 spiro atoms. The van der Waals surface area contributed by atoms with E-state index < -0.39 is 10.0 Å². The summed E-state index contributed by atoms with van der Waals surface area (Å²) < 4.78 is 27.0. The minimum Gasteiger partial charge on any atom is -0.508 e. The third kappa shape index (κ3) is 3.75. The Balaban J connectivity index is 2.27. The summed E-state index contributed by atoms with van der Waals surface area (Å²) in [6.45, 7) is 0.307. The standard InChI is InChI=1S/C14H15BrN2O3S/c1-16-21(19,20)14-5-3-2-4-12(14)17-9-10-8-11(15)6-7-13(10)18/h2-8,16-18H,9H2,1H3. The maximum absolute atomic E-state index is 11.9. The van der Waals surface area contributed by atoms with Gasteiger partial charge in [0.1, 0.15) is 10.6 Å². The number of aromatic hydroxyl groups is 1. The molecule has 0 saturated carbocycles. The average molecular weight is 371 g/mol. The molecule has 0 aliphatic heterocycles. The van der Waals surface area contributed by atoms with Crippen molar-refractivity contribution in [1.82, 2.24) is 4.72 Å². The number of nitrogens with one attached hydrogen (secondary N) is 2. The third-order valence-corrected chi connectivity index (χ3v) is 4.92. The van der Waals surface area contributed by atoms with Crippen LogP contribution in [0.1, 0.15) is 5.56 Å². The molecule has 2 aromatic rings. The Hall–Kier alpha value is -1.57. The van der Waals surface area contributed by atoms with E-state index in [4.69, 9.17) is 0 Å². The van der Waals surface area contributed by atoms with Crippen LogP contribution in [0.15, 0.2) is 51.8 Å². The number of phenolic OH excluding ortho intramolecular Hbond substituents is 1. The first-order valence-corrected chi connectivity index (χ1v) is 8.45. The molecule has 0 amide bonds. The molecule has 0 aliphatic carbocycles. The van der Waals surface area contributed by atoms with Crippen molar-refractivity contribution in [3.05, 3.63) is 52.5 Å². The monoisotopic (exact) mass is 370 g/mol. The Morgan fingerprint density at radius 1 is 1.19 bits per heavy atom. The fourth-order valence-electron chi connectivity index (χ4n) is 1.84. The third-order valence-electron chi connectivity index (χ3n) is 2.96. The second-order valence-electron chi connectivity index (χ2n) is 4.33. The Morgan fingerprint density at radius 3 is 2.62 bits per heavy atom. The summed E-state index contributed by atoms with van der Waals surface area (Å²) in [6.07, 6.45) is 0. The van der Waals surface area contributed by atoms with Gasteiger partial charge in [-0.3, -0.25) is 0 Å². The first-order valence-electron chi connectivity index (χ1n) is 6.18. The molecule has 0 heterocycles. The molecule has 3 N–H and O–H groups in total. The number of anilines is 1. The first-order chi connectivity index (χ1) is 9.94. The highest BCUT2D eigenvalue weighted by atomic mass is 79.9. The lowest BCUT2D eigenvalue weighted by molar-refractivity contribution is 0.469. The smallest absolute Gasteiger partial charge is 0.242 e. The summed E-state index contributed by atoms with van der Waals surface area (Å²) in [5.74, 6) is 0.152. The molecular weight excluding hydrogens is 356 g/mol. The topological polar surface area (TPSA) is 78.4 Å². The second-order valence-corrected chi connectivity index (χ2v) is 7.10. The molecule has 0 unspecified atom stereocenters. The van der Waals surface area contributed by atoms with Crippen molar-refractivity contribution in [2.75, 3.05) is 12.4 Å². The Bertz CT molecular complexity index is 748. The van der Waals surface area contributed by atoms with Gasteiger partial charge in [-0.15, -0.1) is 0 Å². The van der Waals surface area contributed by atoms with Gasteiger partial charge in [-0.25, -0.2) is 13.1 Å². The lowest BCUT2D eigenvalue weighted by atomic mass is 10.2. The van der Waals surface area contributed by atoms with Crippen molar-refractivity contribution in [2.45, 2.75) is 11.4 Å². The van der Waals surface area contributed by atoms with Crippen molar-refractivity contribution in [3.8, 4) is 5.75 Å². The van der Waals surface area contributed by atoms with E-state index >= 15 is 0 Å². The van der Waals surface area contributed by atoms with Crippen LogP contribution >= 0.6 is 15.9 Å². The number of benzene rings is 2. The Morgan fingerprint density at radius 2 is 1.90 bits per heavy atom. The predicted octanol–water partition coefficient (Wildman–Crippen LogP) is 2.67. The number of halogens is 1. The number of hydrogen-bond donors (Lipinski definition) is 3. The number of rotatable bonds is 5. The lowest BCUT2D eigenvalue weighted by Crippen LogP contribution is -2.20. The molecule has 5 nitrogen and oxygen atoms in total. The highest BCUT2D eigenvalue weighted by Gasteiger charge is 2.15. The maximum Gasteiger partial charge on any atom is 0.242 e. The van der Waals surface area contributed by atoms with E-state index in [1.165, 1.54) is 13.1 Å². The van der Waals surface area contributed by atoms with E-state index in [0.29, 0.717) is 17.8 Å². The van der Waals surface area contributed by atoms with Crippen LogP contribution in [-0.2, 0) is 16.6 Å². The van der Waals surface area contributed by atoms with Crippen molar-refractivity contribution >= 4 is 31.6 Å². The van der Waals surface area contributed by atoms with Gasteiger partial charge in [0, 0.05) is 16.6 Å². The van der Waals surface area contributed by atoms with Gasteiger partial charge >= 0.3 is 0 Å². The van der Waals surface area contributed by atoms with Crippen LogP contribution in [0.2, 0.25) is 0 Å². The SMILES string of the molecule is CNS(=O)(=O)c1ccccc1NCc1cc(Br)ccc1O. The summed E-state index contributed by atoms with van der Waals surface area (Å²) in [7, 11) is -2.17. The van der Waals surface area contributed by atoms with Crippen LogP contribution < -0.4 is 10.0 Å². The van der Waals surface area contributed by atoms with E-state index in [2.05, 4.69) is 26.0 Å². The van der Waals surface area contributed by atoms with E-state index in [-0.39, 0.29) is 10.6 Å². The van der Waals surface area contributed by atoms with Crippen LogP contribution in [0, 0.1) is 0 Å². The number of phenols is 1. The molecule has 112 valence electrons. The van der Waals surface area contributed by atoms with Crippen LogP contribution in [0.25, 0.3) is 0 Å². The molecule has 0 aromatic heterocycles. The highest BCUT2D eigenvalue weighted by molar-refractivity contribution is 9.10. The molecule has 0 fully saturated rings. The van der Waals surface area contributed by atoms with Gasteiger partial charge in [0.2, 0.25) is 10.0 Å². The minimum absolute atomic E-state index is 0.152. The largest absolute Gasteiger partial charge is 0.508 e. The normalized spacial score (nSPS) is 11.3. The fraction of sp³-hybridized carbons (Fsp3) is 0.143. The molecule has 0 saturated heterocycles. The lowest BCUT2D eigenvalue weighted by Gasteiger charge is -2.13. The Kier molecular flexibility index (Phi) is 4.87. The second kappa shape index (κ2) is 6.46. The molecular formula is C14H15BrN2O3S. The summed E-state index contributed by atoms with van der Waals surface area (Å²) >= 11 is 3.34. The zero-order chi connectivity index (χ0) is 15.5. The van der Waals surface area contributed by atoms with Gasteiger partial charge in [-0.2, -0.15) is 0 Å². The average Bonchev–Trinajstić information content (AvgIpc) is 2.48. The van der Waals surface area contributed by atoms with Crippen LogP contribution in [-0.4, -0.2) is 20.6 Å². The first kappa shape index (κ1) is 15.8. The van der Waals surface area contributed by atoms with Gasteiger partial charge in [0.15, 0.2) is 0 Å². The summed E-state index contributed by atoms with van der Waals surface area (Å²) in [5.41, 5.74) is 1.15. The molecule has 0 aliphatic rings. The molecule has 0 bridgehead atoms. The van der Waals surface area contributed by atoms with Gasteiger partial charge < -0.3 is 10.4 Å². The van der Waals surface area contributed by atoms with Gasteiger partial charge in [0.05, 0.1) is 5.69 Å². The molecule has 21 heavy (non-hydrogen) atoms. The number of para-hydroxylation sites is 1. The van der Waals surface area contributed by atoms with E-state index in [1.807, 2.05) is 0 Å². The quantitative estimate of drug-likeness (QED) is 0.755. The number of hydrogen-bond acceptors (Lipinski definition) is 4. The summed E-state index contributed by atoms with van der Waals surface area (Å²) in [4.78, 5) is 0.169. The van der Waals surface area contributed by atoms with Crippen molar-refractivity contribution in [1.29, 1.82) is 0 Å². The summed E-state index contributed by atoms with van der Waals surface area (Å²) in [5, 5.41) is 12.8. The molecule has 0 atom stereocenters. The van der Waals surface area contributed by atoms with Crippen molar-refractivity contribution in [2.24, 2.45) is 0 Å². The van der Waals surface area contributed by atoms with Gasteiger partial charge in [-0.05, 0) is 37.4 Å². The minimum atomic E-state index is -3.54. The maximum atomic E-state index is 11.9. The molecule has 2 rings (SSSR count). The zero-order valence-corrected chi connectivity index (χ0v) is 13.7. The van der Waals surface area contributed by atoms with Crippen molar-refractivity contribution in [3.63, 3.8) is 0 Å².